The Kier molecular flexibility index (Phi) is 4.69. The molecule has 0 radical (unpaired) electrons. The normalized spacial score (nSPS) is 14.2. The fourth-order valence-corrected chi connectivity index (χ4v) is 3.30. The van der Waals surface area contributed by atoms with Gasteiger partial charge in [-0.3, -0.25) is 9.78 Å². The average Bonchev–Trinajstić information content (AvgIpc) is 2.72. The number of fused-ring (bicyclic) bond motifs is 1. The molecule has 0 bridgehead atoms. The predicted molar refractivity (Wildman–Crippen MR) is 103 cm³/mol. The van der Waals surface area contributed by atoms with E-state index in [9.17, 15) is 4.79 Å². The lowest BCUT2D eigenvalue weighted by atomic mass is 9.99. The maximum Gasteiger partial charge on any atom is 0.272 e. The highest BCUT2D eigenvalue weighted by Gasteiger charge is 2.14. The van der Waals surface area contributed by atoms with Crippen molar-refractivity contribution in [3.8, 4) is 11.3 Å². The van der Waals surface area contributed by atoms with Crippen LogP contribution < -0.4 is 5.43 Å². The summed E-state index contributed by atoms with van der Waals surface area (Å²) in [5.74, 6) is -0.197. The quantitative estimate of drug-likeness (QED) is 0.718. The number of nitrogens with one attached hydrogen (secondary N) is 1. The van der Waals surface area contributed by atoms with E-state index in [4.69, 9.17) is 4.98 Å². The van der Waals surface area contributed by atoms with E-state index >= 15 is 0 Å². The van der Waals surface area contributed by atoms with Crippen molar-refractivity contribution in [2.45, 2.75) is 32.1 Å². The van der Waals surface area contributed by atoms with Gasteiger partial charge in [-0.2, -0.15) is 5.10 Å². The van der Waals surface area contributed by atoms with Crippen LogP contribution in [0.1, 0.15) is 42.5 Å². The van der Waals surface area contributed by atoms with Gasteiger partial charge in [-0.25, -0.2) is 10.4 Å². The first kappa shape index (κ1) is 16.4. The third-order valence-corrected chi connectivity index (χ3v) is 4.68. The van der Waals surface area contributed by atoms with Gasteiger partial charge in [0.15, 0.2) is 0 Å². The lowest BCUT2D eigenvalue weighted by molar-refractivity contribution is 0.0956. The minimum atomic E-state index is -0.197. The second-order valence-electron chi connectivity index (χ2n) is 6.49. The van der Waals surface area contributed by atoms with Gasteiger partial charge in [0.2, 0.25) is 0 Å². The van der Waals surface area contributed by atoms with E-state index in [0.29, 0.717) is 5.56 Å². The van der Waals surface area contributed by atoms with Crippen LogP contribution in [0.25, 0.3) is 22.2 Å². The molecule has 4 rings (SSSR count). The number of benzene rings is 1. The summed E-state index contributed by atoms with van der Waals surface area (Å²) in [5.41, 5.74) is 6.88. The van der Waals surface area contributed by atoms with Crippen molar-refractivity contribution in [2.24, 2.45) is 5.10 Å². The number of pyridine rings is 2. The molecule has 0 spiro atoms. The summed E-state index contributed by atoms with van der Waals surface area (Å²) >= 11 is 0. The van der Waals surface area contributed by atoms with Gasteiger partial charge in [0.1, 0.15) is 0 Å². The van der Waals surface area contributed by atoms with Crippen molar-refractivity contribution >= 4 is 22.5 Å². The van der Waals surface area contributed by atoms with Crippen molar-refractivity contribution in [3.05, 3.63) is 60.4 Å². The number of amides is 1. The van der Waals surface area contributed by atoms with Crippen LogP contribution >= 0.6 is 0 Å². The Morgan fingerprint density at radius 2 is 1.77 bits per heavy atom. The van der Waals surface area contributed by atoms with Crippen LogP contribution in [0.15, 0.2) is 60.0 Å². The summed E-state index contributed by atoms with van der Waals surface area (Å²) < 4.78 is 0. The predicted octanol–water partition coefficient (Wildman–Crippen LogP) is 4.35. The second-order valence-corrected chi connectivity index (χ2v) is 6.49. The van der Waals surface area contributed by atoms with Crippen LogP contribution in [0.3, 0.4) is 0 Å². The van der Waals surface area contributed by atoms with Crippen LogP contribution in [0.4, 0.5) is 0 Å². The van der Waals surface area contributed by atoms with Gasteiger partial charge in [0.05, 0.1) is 16.8 Å². The Balaban J connectivity index is 1.71. The lowest BCUT2D eigenvalue weighted by Gasteiger charge is -2.13. The van der Waals surface area contributed by atoms with Crippen molar-refractivity contribution in [3.63, 3.8) is 0 Å². The number of carbonyl (C=O) groups excluding carboxylic acids is 1. The maximum atomic E-state index is 12.8. The van der Waals surface area contributed by atoms with Crippen molar-refractivity contribution in [1.82, 2.24) is 15.4 Å². The van der Waals surface area contributed by atoms with E-state index in [1.165, 1.54) is 6.42 Å². The number of hydrogen-bond donors (Lipinski definition) is 1. The zero-order valence-corrected chi connectivity index (χ0v) is 14.5. The van der Waals surface area contributed by atoms with Gasteiger partial charge in [0, 0.05) is 29.1 Å². The van der Waals surface area contributed by atoms with Gasteiger partial charge in [-0.15, -0.1) is 0 Å². The van der Waals surface area contributed by atoms with Crippen LogP contribution in [-0.4, -0.2) is 21.6 Å². The van der Waals surface area contributed by atoms with Gasteiger partial charge in [-0.05, 0) is 49.9 Å². The molecular formula is C21H20N4O. The molecule has 3 aromatic rings. The van der Waals surface area contributed by atoms with Gasteiger partial charge in [0.25, 0.3) is 5.91 Å². The van der Waals surface area contributed by atoms with Crippen molar-refractivity contribution in [1.29, 1.82) is 0 Å². The van der Waals surface area contributed by atoms with Crippen molar-refractivity contribution in [2.75, 3.05) is 0 Å². The lowest BCUT2D eigenvalue weighted by Crippen LogP contribution is -2.21. The van der Waals surface area contributed by atoms with Gasteiger partial charge in [-0.1, -0.05) is 24.6 Å². The molecule has 0 unspecified atom stereocenters. The van der Waals surface area contributed by atoms with E-state index in [0.717, 1.165) is 53.6 Å². The largest absolute Gasteiger partial charge is 0.272 e. The number of carbonyl (C=O) groups is 1. The Morgan fingerprint density at radius 1 is 1.00 bits per heavy atom. The molecule has 2 heterocycles. The fourth-order valence-electron chi connectivity index (χ4n) is 3.30. The number of aromatic nitrogens is 2. The second kappa shape index (κ2) is 7.44. The monoisotopic (exact) mass is 344 g/mol. The summed E-state index contributed by atoms with van der Waals surface area (Å²) in [7, 11) is 0. The van der Waals surface area contributed by atoms with Crippen LogP contribution in [0, 0.1) is 0 Å². The summed E-state index contributed by atoms with van der Waals surface area (Å²) in [5, 5.41) is 5.18. The zero-order chi connectivity index (χ0) is 17.8. The fraction of sp³-hybridized carbons (Fsp3) is 0.238. The van der Waals surface area contributed by atoms with E-state index in [2.05, 4.69) is 15.5 Å². The molecule has 1 fully saturated rings. The minimum Gasteiger partial charge on any atom is -0.267 e. The molecule has 1 aliphatic rings. The summed E-state index contributed by atoms with van der Waals surface area (Å²) in [4.78, 5) is 21.6. The molecule has 1 saturated carbocycles. The number of hydrogen-bond acceptors (Lipinski definition) is 4. The van der Waals surface area contributed by atoms with E-state index in [1.807, 2.05) is 42.5 Å². The molecular weight excluding hydrogens is 324 g/mol. The molecule has 2 aromatic heterocycles. The summed E-state index contributed by atoms with van der Waals surface area (Å²) in [6, 6.07) is 13.3. The molecule has 0 aliphatic heterocycles. The third-order valence-electron chi connectivity index (χ3n) is 4.68. The molecule has 5 heteroatoms. The molecule has 26 heavy (non-hydrogen) atoms. The summed E-state index contributed by atoms with van der Waals surface area (Å²) in [6.07, 6.45) is 8.94. The molecule has 1 aliphatic carbocycles. The highest BCUT2D eigenvalue weighted by molar-refractivity contribution is 6.07. The van der Waals surface area contributed by atoms with E-state index < -0.39 is 0 Å². The zero-order valence-electron chi connectivity index (χ0n) is 14.5. The number of para-hydroxylation sites is 1. The molecule has 1 aromatic carbocycles. The van der Waals surface area contributed by atoms with Gasteiger partial charge < -0.3 is 0 Å². The van der Waals surface area contributed by atoms with Crippen LogP contribution in [0.5, 0.6) is 0 Å². The highest BCUT2D eigenvalue weighted by atomic mass is 16.2. The topological polar surface area (TPSA) is 67.2 Å². The maximum absolute atomic E-state index is 12.8. The molecule has 0 saturated heterocycles. The first-order chi connectivity index (χ1) is 12.8. The van der Waals surface area contributed by atoms with Crippen LogP contribution in [0.2, 0.25) is 0 Å². The number of rotatable bonds is 3. The molecule has 1 amide bonds. The average molecular weight is 344 g/mol. The SMILES string of the molecule is O=C(NN=C1CCCCC1)c1cc(-c2ccncc2)nc2ccccc12. The Bertz CT molecular complexity index is 958. The Hall–Kier alpha value is -3.08. The number of nitrogens with zero attached hydrogens (tertiary/aromatic N) is 3. The third kappa shape index (κ3) is 3.47. The van der Waals surface area contributed by atoms with Crippen LogP contribution in [-0.2, 0) is 0 Å². The minimum absolute atomic E-state index is 0.197. The standard InChI is InChI=1S/C21H20N4O/c26-21(25-24-16-6-2-1-3-7-16)18-14-20(15-10-12-22-13-11-15)23-19-9-5-4-8-17(18)19/h4-5,8-14H,1-3,6-7H2,(H,25,26). The van der Waals surface area contributed by atoms with E-state index in [-0.39, 0.29) is 5.91 Å². The van der Waals surface area contributed by atoms with E-state index in [1.54, 1.807) is 12.4 Å². The Labute approximate surface area is 152 Å². The Morgan fingerprint density at radius 3 is 2.58 bits per heavy atom. The molecule has 0 atom stereocenters. The highest BCUT2D eigenvalue weighted by Crippen LogP contribution is 2.24. The summed E-state index contributed by atoms with van der Waals surface area (Å²) in [6.45, 7) is 0. The molecule has 1 N–H and O–H groups in total. The first-order valence-electron chi connectivity index (χ1n) is 8.97. The van der Waals surface area contributed by atoms with Crippen molar-refractivity contribution < 1.29 is 4.79 Å². The molecule has 5 nitrogen and oxygen atoms in total. The number of hydrazone groups is 1. The smallest absolute Gasteiger partial charge is 0.267 e. The molecule has 130 valence electrons. The first-order valence-corrected chi connectivity index (χ1v) is 8.97. The van der Waals surface area contributed by atoms with Gasteiger partial charge >= 0.3 is 0 Å².